The third kappa shape index (κ3) is 4.47. The number of ether oxygens (including phenoxy) is 1. The summed E-state index contributed by atoms with van der Waals surface area (Å²) in [6.45, 7) is 2.43. The second kappa shape index (κ2) is 9.01. The fourth-order valence-electron chi connectivity index (χ4n) is 3.40. The number of benzene rings is 3. The number of amides is 1. The first-order chi connectivity index (χ1) is 14.6. The van der Waals surface area contributed by atoms with Crippen LogP contribution in [0, 0.1) is 0 Å². The lowest BCUT2D eigenvalue weighted by molar-refractivity contribution is -0.123. The number of para-hydroxylation sites is 3. The van der Waals surface area contributed by atoms with Crippen LogP contribution < -0.4 is 10.1 Å². The molecule has 5 nitrogen and oxygen atoms in total. The Morgan fingerprint density at radius 3 is 2.53 bits per heavy atom. The van der Waals surface area contributed by atoms with E-state index in [9.17, 15) is 4.79 Å². The van der Waals surface area contributed by atoms with Crippen LogP contribution in [0.25, 0.3) is 11.0 Å². The Morgan fingerprint density at radius 2 is 1.73 bits per heavy atom. The highest BCUT2D eigenvalue weighted by Gasteiger charge is 2.19. The standard InChI is InChI=1S/C24H22ClN3O2/c1-17(26-23(29)16-30-19-10-3-2-4-11-19)24-27-21-13-7-8-14-22(21)28(24)15-18-9-5-6-12-20(18)25/h2-14,17H,15-16H2,1H3,(H,26,29)/t17-/m1/s1. The van der Waals surface area contributed by atoms with E-state index < -0.39 is 0 Å². The Labute approximate surface area is 180 Å². The number of nitrogens with zero attached hydrogens (tertiary/aromatic N) is 2. The largest absolute Gasteiger partial charge is 0.484 e. The summed E-state index contributed by atoms with van der Waals surface area (Å²) in [5, 5.41) is 3.69. The summed E-state index contributed by atoms with van der Waals surface area (Å²) in [6.07, 6.45) is 0. The van der Waals surface area contributed by atoms with Crippen molar-refractivity contribution in [2.45, 2.75) is 19.5 Å². The van der Waals surface area contributed by atoms with Crippen molar-refractivity contribution in [1.29, 1.82) is 0 Å². The van der Waals surface area contributed by atoms with Gasteiger partial charge in [0.15, 0.2) is 6.61 Å². The number of fused-ring (bicyclic) bond motifs is 1. The Kier molecular flexibility index (Phi) is 6.00. The molecule has 0 spiro atoms. The molecule has 0 bridgehead atoms. The molecule has 152 valence electrons. The van der Waals surface area contributed by atoms with Gasteiger partial charge in [-0.2, -0.15) is 0 Å². The van der Waals surface area contributed by atoms with Crippen molar-refractivity contribution in [2.75, 3.05) is 6.61 Å². The summed E-state index contributed by atoms with van der Waals surface area (Å²) < 4.78 is 7.65. The molecule has 0 saturated heterocycles. The van der Waals surface area contributed by atoms with Crippen LogP contribution >= 0.6 is 11.6 Å². The van der Waals surface area contributed by atoms with Gasteiger partial charge in [-0.1, -0.05) is 60.1 Å². The van der Waals surface area contributed by atoms with Crippen LogP contribution in [0.2, 0.25) is 5.02 Å². The minimum Gasteiger partial charge on any atom is -0.484 e. The smallest absolute Gasteiger partial charge is 0.258 e. The number of halogens is 1. The van der Waals surface area contributed by atoms with E-state index in [4.69, 9.17) is 21.3 Å². The lowest BCUT2D eigenvalue weighted by atomic mass is 10.2. The average molecular weight is 420 g/mol. The zero-order valence-corrected chi connectivity index (χ0v) is 17.3. The maximum absolute atomic E-state index is 12.4. The van der Waals surface area contributed by atoms with Gasteiger partial charge in [0.25, 0.3) is 5.91 Å². The molecular formula is C24H22ClN3O2. The van der Waals surface area contributed by atoms with Crippen LogP contribution in [0.4, 0.5) is 0 Å². The predicted molar refractivity (Wildman–Crippen MR) is 119 cm³/mol. The van der Waals surface area contributed by atoms with E-state index in [0.717, 1.165) is 22.4 Å². The molecule has 0 aliphatic heterocycles. The number of nitrogens with one attached hydrogen (secondary N) is 1. The Hall–Kier alpha value is -3.31. The lowest BCUT2D eigenvalue weighted by Crippen LogP contribution is -2.32. The molecule has 0 aliphatic carbocycles. The molecule has 1 amide bonds. The SMILES string of the molecule is C[C@@H](NC(=O)COc1ccccc1)c1nc2ccccc2n1Cc1ccccc1Cl. The molecule has 0 saturated carbocycles. The normalized spacial score (nSPS) is 11.9. The van der Waals surface area contributed by atoms with Gasteiger partial charge in [-0.25, -0.2) is 4.98 Å². The Bertz CT molecular complexity index is 1160. The first-order valence-electron chi connectivity index (χ1n) is 9.77. The number of carbonyl (C=O) groups excluding carboxylic acids is 1. The summed E-state index contributed by atoms with van der Waals surface area (Å²) in [5.74, 6) is 1.22. The van der Waals surface area contributed by atoms with Crippen LogP contribution in [0.5, 0.6) is 5.75 Å². The van der Waals surface area contributed by atoms with Crippen molar-refractivity contribution in [3.8, 4) is 5.75 Å². The topological polar surface area (TPSA) is 56.1 Å². The first kappa shape index (κ1) is 20.0. The summed E-state index contributed by atoms with van der Waals surface area (Å²) >= 11 is 6.39. The molecule has 0 unspecified atom stereocenters. The van der Waals surface area contributed by atoms with Gasteiger partial charge in [-0.05, 0) is 42.8 Å². The molecule has 1 atom stereocenters. The lowest BCUT2D eigenvalue weighted by Gasteiger charge is -2.17. The molecule has 1 heterocycles. The van der Waals surface area contributed by atoms with E-state index in [1.807, 2.05) is 85.8 Å². The number of hydrogen-bond acceptors (Lipinski definition) is 3. The van der Waals surface area contributed by atoms with Crippen molar-refractivity contribution >= 4 is 28.5 Å². The van der Waals surface area contributed by atoms with E-state index in [0.29, 0.717) is 17.3 Å². The van der Waals surface area contributed by atoms with Gasteiger partial charge in [0.2, 0.25) is 0 Å². The maximum atomic E-state index is 12.4. The van der Waals surface area contributed by atoms with Crippen molar-refractivity contribution in [2.24, 2.45) is 0 Å². The zero-order chi connectivity index (χ0) is 20.9. The maximum Gasteiger partial charge on any atom is 0.258 e. The summed E-state index contributed by atoms with van der Waals surface area (Å²) in [5.41, 5.74) is 2.87. The van der Waals surface area contributed by atoms with Crippen molar-refractivity contribution in [3.63, 3.8) is 0 Å². The first-order valence-corrected chi connectivity index (χ1v) is 10.2. The van der Waals surface area contributed by atoms with Gasteiger partial charge in [0, 0.05) is 5.02 Å². The van der Waals surface area contributed by atoms with Gasteiger partial charge < -0.3 is 14.6 Å². The molecule has 4 aromatic rings. The summed E-state index contributed by atoms with van der Waals surface area (Å²) in [7, 11) is 0. The summed E-state index contributed by atoms with van der Waals surface area (Å²) in [4.78, 5) is 17.2. The number of rotatable bonds is 7. The fourth-order valence-corrected chi connectivity index (χ4v) is 3.60. The number of aromatic nitrogens is 2. The third-order valence-corrected chi connectivity index (χ3v) is 5.22. The Morgan fingerprint density at radius 1 is 1.03 bits per heavy atom. The Balaban J connectivity index is 1.55. The third-order valence-electron chi connectivity index (χ3n) is 4.85. The van der Waals surface area contributed by atoms with Crippen LogP contribution in [0.3, 0.4) is 0 Å². The molecule has 1 N–H and O–H groups in total. The minimum atomic E-state index is -0.299. The van der Waals surface area contributed by atoms with Crippen molar-refractivity contribution in [1.82, 2.24) is 14.9 Å². The minimum absolute atomic E-state index is 0.0565. The van der Waals surface area contributed by atoms with E-state index in [2.05, 4.69) is 9.88 Å². The molecule has 6 heteroatoms. The molecule has 1 aromatic heterocycles. The van der Waals surface area contributed by atoms with Crippen LogP contribution in [0.1, 0.15) is 24.4 Å². The molecule has 3 aromatic carbocycles. The quantitative estimate of drug-likeness (QED) is 0.459. The number of hydrogen-bond donors (Lipinski definition) is 1. The monoisotopic (exact) mass is 419 g/mol. The second-order valence-corrected chi connectivity index (χ2v) is 7.43. The highest BCUT2D eigenvalue weighted by Crippen LogP contribution is 2.24. The second-order valence-electron chi connectivity index (χ2n) is 7.03. The van der Waals surface area contributed by atoms with Gasteiger partial charge >= 0.3 is 0 Å². The molecule has 0 radical (unpaired) electrons. The summed E-state index contributed by atoms with van der Waals surface area (Å²) in [6, 6.07) is 24.7. The molecule has 30 heavy (non-hydrogen) atoms. The van der Waals surface area contributed by atoms with E-state index in [1.54, 1.807) is 0 Å². The molecular weight excluding hydrogens is 398 g/mol. The molecule has 4 rings (SSSR count). The van der Waals surface area contributed by atoms with Gasteiger partial charge in [-0.15, -0.1) is 0 Å². The van der Waals surface area contributed by atoms with Crippen LogP contribution in [-0.4, -0.2) is 22.1 Å². The van der Waals surface area contributed by atoms with E-state index in [-0.39, 0.29) is 18.6 Å². The highest BCUT2D eigenvalue weighted by molar-refractivity contribution is 6.31. The zero-order valence-electron chi connectivity index (χ0n) is 16.6. The molecule has 0 aliphatic rings. The predicted octanol–water partition coefficient (Wildman–Crippen LogP) is 4.99. The van der Waals surface area contributed by atoms with Gasteiger partial charge in [-0.3, -0.25) is 4.79 Å². The molecule has 0 fully saturated rings. The van der Waals surface area contributed by atoms with Crippen molar-refractivity contribution < 1.29 is 9.53 Å². The van der Waals surface area contributed by atoms with Crippen molar-refractivity contribution in [3.05, 3.63) is 95.3 Å². The average Bonchev–Trinajstić information content (AvgIpc) is 3.13. The van der Waals surface area contributed by atoms with E-state index >= 15 is 0 Å². The van der Waals surface area contributed by atoms with E-state index in [1.165, 1.54) is 0 Å². The fraction of sp³-hybridized carbons (Fsp3) is 0.167. The highest BCUT2D eigenvalue weighted by atomic mass is 35.5. The number of carbonyl (C=O) groups is 1. The van der Waals surface area contributed by atoms with Crippen LogP contribution in [-0.2, 0) is 11.3 Å². The van der Waals surface area contributed by atoms with Gasteiger partial charge in [0.05, 0.1) is 23.6 Å². The number of imidazole rings is 1. The van der Waals surface area contributed by atoms with Gasteiger partial charge in [0.1, 0.15) is 11.6 Å². The van der Waals surface area contributed by atoms with Crippen LogP contribution in [0.15, 0.2) is 78.9 Å².